The van der Waals surface area contributed by atoms with E-state index >= 15 is 0 Å². The second-order valence-corrected chi connectivity index (χ2v) is 5.13. The van der Waals surface area contributed by atoms with Crippen LogP contribution in [0.5, 0.6) is 5.75 Å². The number of hydrogen-bond acceptors (Lipinski definition) is 4. The van der Waals surface area contributed by atoms with Gasteiger partial charge in [-0.25, -0.2) is 0 Å². The number of ether oxygens (including phenoxy) is 2. The van der Waals surface area contributed by atoms with Crippen LogP contribution in [0.4, 0.5) is 0 Å². The van der Waals surface area contributed by atoms with Gasteiger partial charge in [0.2, 0.25) is 0 Å². The summed E-state index contributed by atoms with van der Waals surface area (Å²) in [6.07, 6.45) is 4.32. The molecule has 1 aromatic carbocycles. The van der Waals surface area contributed by atoms with Gasteiger partial charge in [-0.15, -0.1) is 0 Å². The lowest BCUT2D eigenvalue weighted by Gasteiger charge is -2.07. The van der Waals surface area contributed by atoms with Gasteiger partial charge in [0.25, 0.3) is 0 Å². The number of furan rings is 1. The maximum absolute atomic E-state index is 11.6. The van der Waals surface area contributed by atoms with Crippen molar-refractivity contribution in [3.8, 4) is 5.75 Å². The third-order valence-electron chi connectivity index (χ3n) is 3.45. The molecule has 0 unspecified atom stereocenters. The molecule has 1 saturated carbocycles. The van der Waals surface area contributed by atoms with Crippen LogP contribution in [0.15, 0.2) is 28.9 Å². The van der Waals surface area contributed by atoms with E-state index in [0.29, 0.717) is 12.5 Å². The fraction of sp³-hybridized carbons (Fsp3) is 0.438. The summed E-state index contributed by atoms with van der Waals surface area (Å²) in [6.45, 7) is 2.93. The number of rotatable bonds is 6. The molecule has 1 aromatic heterocycles. The van der Waals surface area contributed by atoms with Gasteiger partial charge >= 0.3 is 5.97 Å². The molecule has 3 rings (SSSR count). The van der Waals surface area contributed by atoms with Crippen molar-refractivity contribution in [3.63, 3.8) is 0 Å². The second-order valence-electron chi connectivity index (χ2n) is 5.13. The lowest BCUT2D eigenvalue weighted by atomic mass is 10.1. The molecule has 0 aliphatic heterocycles. The standard InChI is InChI=1S/C16H18O4/c1-2-18-15(17)8-12-10-20-14-5-3-4-13(16(12)14)19-9-11-6-7-11/h3-5,10-11H,2,6-9H2,1H3. The molecule has 1 heterocycles. The third-order valence-corrected chi connectivity index (χ3v) is 3.45. The predicted octanol–water partition coefficient (Wildman–Crippen LogP) is 3.33. The Morgan fingerprint density at radius 1 is 1.40 bits per heavy atom. The van der Waals surface area contributed by atoms with Crippen LogP contribution in [0.1, 0.15) is 25.3 Å². The Balaban J connectivity index is 1.85. The van der Waals surface area contributed by atoms with E-state index in [2.05, 4.69) is 0 Å². The highest BCUT2D eigenvalue weighted by molar-refractivity contribution is 5.90. The molecular weight excluding hydrogens is 256 g/mol. The minimum atomic E-state index is -0.243. The maximum Gasteiger partial charge on any atom is 0.310 e. The number of carbonyl (C=O) groups is 1. The van der Waals surface area contributed by atoms with Crippen molar-refractivity contribution in [2.75, 3.05) is 13.2 Å². The Kier molecular flexibility index (Phi) is 3.63. The molecule has 0 amide bonds. The number of benzene rings is 1. The molecule has 0 N–H and O–H groups in total. The molecule has 0 spiro atoms. The summed E-state index contributed by atoms with van der Waals surface area (Å²) in [5.74, 6) is 1.24. The molecule has 4 heteroatoms. The van der Waals surface area contributed by atoms with Gasteiger partial charge < -0.3 is 13.9 Å². The Morgan fingerprint density at radius 2 is 2.25 bits per heavy atom. The van der Waals surface area contributed by atoms with Gasteiger partial charge in [-0.1, -0.05) is 6.07 Å². The zero-order valence-corrected chi connectivity index (χ0v) is 11.6. The van der Waals surface area contributed by atoms with Crippen molar-refractivity contribution in [3.05, 3.63) is 30.0 Å². The molecule has 2 aromatic rings. The largest absolute Gasteiger partial charge is 0.493 e. The van der Waals surface area contributed by atoms with E-state index in [-0.39, 0.29) is 12.4 Å². The van der Waals surface area contributed by atoms with Crippen LogP contribution < -0.4 is 4.74 Å². The quantitative estimate of drug-likeness (QED) is 0.758. The van der Waals surface area contributed by atoms with Crippen LogP contribution in [0.25, 0.3) is 11.0 Å². The highest BCUT2D eigenvalue weighted by atomic mass is 16.5. The SMILES string of the molecule is CCOC(=O)Cc1coc2cccc(OCC3CC3)c12. The summed E-state index contributed by atoms with van der Waals surface area (Å²) in [7, 11) is 0. The molecular formula is C16H18O4. The monoisotopic (exact) mass is 274 g/mol. The fourth-order valence-corrected chi connectivity index (χ4v) is 2.23. The summed E-state index contributed by atoms with van der Waals surface area (Å²) in [4.78, 5) is 11.6. The summed E-state index contributed by atoms with van der Waals surface area (Å²) in [6, 6.07) is 5.71. The zero-order chi connectivity index (χ0) is 13.9. The molecule has 20 heavy (non-hydrogen) atoms. The predicted molar refractivity (Wildman–Crippen MR) is 74.8 cm³/mol. The Bertz CT molecular complexity index is 610. The molecule has 0 atom stereocenters. The van der Waals surface area contributed by atoms with Gasteiger partial charge in [0, 0.05) is 5.56 Å². The highest BCUT2D eigenvalue weighted by Crippen LogP contribution is 2.34. The van der Waals surface area contributed by atoms with Crippen LogP contribution in [0, 0.1) is 5.92 Å². The van der Waals surface area contributed by atoms with Crippen LogP contribution >= 0.6 is 0 Å². The molecule has 1 aliphatic rings. The first kappa shape index (κ1) is 13.0. The van der Waals surface area contributed by atoms with Crippen LogP contribution in [0.2, 0.25) is 0 Å². The van der Waals surface area contributed by atoms with Gasteiger partial charge in [0.15, 0.2) is 0 Å². The first-order valence-electron chi connectivity index (χ1n) is 7.05. The van der Waals surface area contributed by atoms with E-state index in [1.807, 2.05) is 18.2 Å². The van der Waals surface area contributed by atoms with Crippen molar-refractivity contribution in [1.82, 2.24) is 0 Å². The lowest BCUT2D eigenvalue weighted by molar-refractivity contribution is -0.142. The van der Waals surface area contributed by atoms with E-state index in [4.69, 9.17) is 13.9 Å². The molecule has 0 saturated heterocycles. The Morgan fingerprint density at radius 3 is 3.00 bits per heavy atom. The maximum atomic E-state index is 11.6. The number of fused-ring (bicyclic) bond motifs is 1. The van der Waals surface area contributed by atoms with Crippen molar-refractivity contribution < 1.29 is 18.7 Å². The average Bonchev–Trinajstić information content (AvgIpc) is 3.18. The van der Waals surface area contributed by atoms with Crippen molar-refractivity contribution in [1.29, 1.82) is 0 Å². The summed E-state index contributed by atoms with van der Waals surface area (Å²) in [5.41, 5.74) is 1.57. The minimum absolute atomic E-state index is 0.213. The molecule has 1 fully saturated rings. The van der Waals surface area contributed by atoms with E-state index in [0.717, 1.165) is 28.9 Å². The first-order valence-corrected chi connectivity index (χ1v) is 7.05. The molecule has 106 valence electrons. The van der Waals surface area contributed by atoms with Gasteiger partial charge in [-0.2, -0.15) is 0 Å². The van der Waals surface area contributed by atoms with Crippen LogP contribution in [-0.2, 0) is 16.0 Å². The zero-order valence-electron chi connectivity index (χ0n) is 11.6. The van der Waals surface area contributed by atoms with Gasteiger partial charge in [-0.05, 0) is 37.8 Å². The van der Waals surface area contributed by atoms with E-state index in [1.54, 1.807) is 13.2 Å². The van der Waals surface area contributed by atoms with E-state index in [1.165, 1.54) is 12.8 Å². The molecule has 4 nitrogen and oxygen atoms in total. The number of esters is 1. The second kappa shape index (κ2) is 5.57. The fourth-order valence-electron chi connectivity index (χ4n) is 2.23. The normalized spacial score (nSPS) is 14.4. The Hall–Kier alpha value is -1.97. The third kappa shape index (κ3) is 2.79. The average molecular weight is 274 g/mol. The highest BCUT2D eigenvalue weighted by Gasteiger charge is 2.23. The van der Waals surface area contributed by atoms with Gasteiger partial charge in [0.05, 0.1) is 31.3 Å². The molecule has 0 bridgehead atoms. The van der Waals surface area contributed by atoms with Crippen molar-refractivity contribution in [2.45, 2.75) is 26.2 Å². The molecule has 0 radical (unpaired) electrons. The summed E-state index contributed by atoms with van der Waals surface area (Å²) < 4.78 is 16.4. The summed E-state index contributed by atoms with van der Waals surface area (Å²) >= 11 is 0. The lowest BCUT2D eigenvalue weighted by Crippen LogP contribution is -2.07. The van der Waals surface area contributed by atoms with Crippen LogP contribution in [-0.4, -0.2) is 19.2 Å². The summed E-state index contributed by atoms with van der Waals surface area (Å²) in [5, 5.41) is 0.890. The van der Waals surface area contributed by atoms with Crippen LogP contribution in [0.3, 0.4) is 0 Å². The number of hydrogen-bond donors (Lipinski definition) is 0. The van der Waals surface area contributed by atoms with Crippen molar-refractivity contribution in [2.24, 2.45) is 5.92 Å². The van der Waals surface area contributed by atoms with Gasteiger partial charge in [0.1, 0.15) is 11.3 Å². The smallest absolute Gasteiger partial charge is 0.310 e. The van der Waals surface area contributed by atoms with E-state index in [9.17, 15) is 4.79 Å². The first-order chi connectivity index (χ1) is 9.78. The number of carbonyl (C=O) groups excluding carboxylic acids is 1. The van der Waals surface area contributed by atoms with Gasteiger partial charge in [-0.3, -0.25) is 4.79 Å². The van der Waals surface area contributed by atoms with Crippen molar-refractivity contribution >= 4 is 16.9 Å². The topological polar surface area (TPSA) is 48.7 Å². The molecule has 1 aliphatic carbocycles. The Labute approximate surface area is 117 Å². The van der Waals surface area contributed by atoms with E-state index < -0.39 is 0 Å². The minimum Gasteiger partial charge on any atom is -0.493 e.